The molecule has 2 fully saturated rings. The number of piperidine rings is 2. The third-order valence-corrected chi connectivity index (χ3v) is 6.62. The Balaban J connectivity index is 1.37. The molecule has 2 saturated heterocycles. The zero-order chi connectivity index (χ0) is 18.7. The van der Waals surface area contributed by atoms with E-state index < -0.39 is 0 Å². The number of aliphatic hydroxyl groups is 1. The maximum absolute atomic E-state index is 12.7. The van der Waals surface area contributed by atoms with Crippen molar-refractivity contribution in [2.24, 2.45) is 11.3 Å². The lowest BCUT2D eigenvalue weighted by Gasteiger charge is -2.51. The number of hydrogen-bond donors (Lipinski definition) is 2. The smallest absolute Gasteiger partial charge is 0.270 e. The number of nitrogens with one attached hydrogen (secondary N) is 1. The van der Waals surface area contributed by atoms with Gasteiger partial charge in [-0.05, 0) is 55.5 Å². The third-order valence-electron chi connectivity index (χ3n) is 6.62. The molecule has 144 valence electrons. The van der Waals surface area contributed by atoms with E-state index in [1.165, 1.54) is 5.56 Å². The van der Waals surface area contributed by atoms with Crippen LogP contribution < -0.4 is 0 Å². The van der Waals surface area contributed by atoms with Crippen molar-refractivity contribution < 1.29 is 9.90 Å². The lowest BCUT2D eigenvalue weighted by molar-refractivity contribution is -0.0366. The Hall–Kier alpha value is -2.11. The number of H-pyrrole nitrogens is 1. The number of aromatic amines is 1. The zero-order valence-electron chi connectivity index (χ0n) is 15.8. The number of carbonyl (C=O) groups is 1. The summed E-state index contributed by atoms with van der Waals surface area (Å²) in [6.45, 7) is 4.73. The van der Waals surface area contributed by atoms with Crippen LogP contribution in [0.3, 0.4) is 0 Å². The van der Waals surface area contributed by atoms with Gasteiger partial charge < -0.3 is 15.0 Å². The largest absolute Gasteiger partial charge is 0.396 e. The summed E-state index contributed by atoms with van der Waals surface area (Å²) in [6.07, 6.45) is 4.99. The fourth-order valence-corrected chi connectivity index (χ4v) is 4.84. The maximum atomic E-state index is 12.7. The molecule has 1 amide bonds. The molecule has 3 heterocycles. The summed E-state index contributed by atoms with van der Waals surface area (Å²) >= 11 is 0. The highest BCUT2D eigenvalue weighted by Crippen LogP contribution is 2.45. The first kappa shape index (κ1) is 18.3. The van der Waals surface area contributed by atoms with Gasteiger partial charge in [-0.1, -0.05) is 30.3 Å². The Kier molecular flexibility index (Phi) is 5.32. The van der Waals surface area contributed by atoms with E-state index in [1.54, 1.807) is 6.20 Å². The summed E-state index contributed by atoms with van der Waals surface area (Å²) in [5.41, 5.74) is 2.17. The molecule has 0 aliphatic carbocycles. The minimum absolute atomic E-state index is 0.0508. The van der Waals surface area contributed by atoms with E-state index in [1.807, 2.05) is 17.0 Å². The topological polar surface area (TPSA) is 59.6 Å². The van der Waals surface area contributed by atoms with E-state index >= 15 is 0 Å². The lowest BCUT2D eigenvalue weighted by Crippen LogP contribution is -2.54. The van der Waals surface area contributed by atoms with Gasteiger partial charge in [-0.25, -0.2) is 0 Å². The summed E-state index contributed by atoms with van der Waals surface area (Å²) in [4.78, 5) is 20.1. The van der Waals surface area contributed by atoms with Crippen LogP contribution in [0.2, 0.25) is 0 Å². The Morgan fingerprint density at radius 3 is 2.48 bits per heavy atom. The van der Waals surface area contributed by atoms with E-state index in [9.17, 15) is 9.90 Å². The summed E-state index contributed by atoms with van der Waals surface area (Å²) < 4.78 is 0. The van der Waals surface area contributed by atoms with Gasteiger partial charge in [0.25, 0.3) is 5.91 Å². The van der Waals surface area contributed by atoms with Gasteiger partial charge in [0, 0.05) is 38.4 Å². The number of hydrogen-bond acceptors (Lipinski definition) is 3. The Labute approximate surface area is 161 Å². The van der Waals surface area contributed by atoms with Crippen molar-refractivity contribution in [3.8, 4) is 0 Å². The highest BCUT2D eigenvalue weighted by atomic mass is 16.3. The Bertz CT molecular complexity index is 736. The van der Waals surface area contributed by atoms with Gasteiger partial charge >= 0.3 is 0 Å². The van der Waals surface area contributed by atoms with E-state index in [4.69, 9.17) is 0 Å². The van der Waals surface area contributed by atoms with Crippen LogP contribution in [-0.2, 0) is 6.54 Å². The standard InChI is InChI=1S/C22H29N3O2/c26-17-19-16-25(21(27)20-7-4-11-23-20)14-10-22(19)8-12-24(13-9-22)15-18-5-2-1-3-6-18/h1-7,11,19,23,26H,8-10,12-17H2/t19-/m0/s1. The minimum atomic E-state index is 0.0508. The van der Waals surface area contributed by atoms with Gasteiger partial charge in [0.15, 0.2) is 0 Å². The van der Waals surface area contributed by atoms with Gasteiger partial charge in [0.05, 0.1) is 0 Å². The Morgan fingerprint density at radius 1 is 1.07 bits per heavy atom. The quantitative estimate of drug-likeness (QED) is 0.874. The number of amides is 1. The second kappa shape index (κ2) is 7.87. The summed E-state index contributed by atoms with van der Waals surface area (Å²) in [6, 6.07) is 14.3. The van der Waals surface area contributed by atoms with Crippen LogP contribution in [-0.4, -0.2) is 58.6 Å². The number of carbonyl (C=O) groups excluding carboxylic acids is 1. The van der Waals surface area contributed by atoms with Gasteiger partial charge in [-0.3, -0.25) is 9.69 Å². The molecule has 1 aromatic carbocycles. The number of rotatable bonds is 4. The summed E-state index contributed by atoms with van der Waals surface area (Å²) in [5.74, 6) is 0.221. The molecule has 1 atom stereocenters. The second-order valence-corrected chi connectivity index (χ2v) is 8.09. The van der Waals surface area contributed by atoms with Crippen LogP contribution in [0.5, 0.6) is 0 Å². The average molecular weight is 367 g/mol. The first-order valence-electron chi connectivity index (χ1n) is 10.00. The van der Waals surface area contributed by atoms with Crippen LogP contribution >= 0.6 is 0 Å². The molecular weight excluding hydrogens is 338 g/mol. The predicted molar refractivity (Wildman–Crippen MR) is 105 cm³/mol. The van der Waals surface area contributed by atoms with Gasteiger partial charge in [0.2, 0.25) is 0 Å². The van der Waals surface area contributed by atoms with Crippen molar-refractivity contribution in [1.82, 2.24) is 14.8 Å². The fraction of sp³-hybridized carbons (Fsp3) is 0.500. The first-order valence-corrected chi connectivity index (χ1v) is 10.00. The van der Waals surface area contributed by atoms with Crippen molar-refractivity contribution in [2.75, 3.05) is 32.8 Å². The highest BCUT2D eigenvalue weighted by molar-refractivity contribution is 5.92. The molecular formula is C22H29N3O2. The normalized spacial score (nSPS) is 22.9. The van der Waals surface area contributed by atoms with E-state index in [0.717, 1.165) is 45.4 Å². The van der Waals surface area contributed by atoms with E-state index in [-0.39, 0.29) is 23.8 Å². The second-order valence-electron chi connectivity index (χ2n) is 8.09. The van der Waals surface area contributed by atoms with Crippen LogP contribution in [0, 0.1) is 11.3 Å². The predicted octanol–water partition coefficient (Wildman–Crippen LogP) is 2.75. The molecule has 0 unspecified atom stereocenters. The molecule has 5 heteroatoms. The van der Waals surface area contributed by atoms with Crippen LogP contribution in [0.4, 0.5) is 0 Å². The summed E-state index contributed by atoms with van der Waals surface area (Å²) in [7, 11) is 0. The molecule has 2 aliphatic rings. The monoisotopic (exact) mass is 367 g/mol. The van der Waals surface area contributed by atoms with E-state index in [2.05, 4.69) is 40.2 Å². The van der Waals surface area contributed by atoms with Crippen LogP contribution in [0.25, 0.3) is 0 Å². The minimum Gasteiger partial charge on any atom is -0.396 e. The zero-order valence-corrected chi connectivity index (χ0v) is 15.8. The molecule has 2 N–H and O–H groups in total. The van der Waals surface area contributed by atoms with Crippen molar-refractivity contribution in [2.45, 2.75) is 25.8 Å². The summed E-state index contributed by atoms with van der Waals surface area (Å²) in [5, 5.41) is 10.1. The van der Waals surface area contributed by atoms with Crippen molar-refractivity contribution in [3.05, 3.63) is 59.9 Å². The molecule has 2 aliphatic heterocycles. The number of nitrogens with zero attached hydrogens (tertiary/aromatic N) is 2. The molecule has 0 bridgehead atoms. The first-order chi connectivity index (χ1) is 13.2. The molecule has 2 aromatic rings. The SMILES string of the molecule is O=C(c1ccc[nH]1)N1CCC2(CCN(Cc3ccccc3)CC2)[C@H](CO)C1. The van der Waals surface area contributed by atoms with Gasteiger partial charge in [0.1, 0.15) is 5.69 Å². The lowest BCUT2D eigenvalue weighted by atomic mass is 9.64. The molecule has 4 rings (SSSR count). The number of likely N-dealkylation sites (tertiary alicyclic amines) is 2. The van der Waals surface area contributed by atoms with Crippen molar-refractivity contribution in [3.63, 3.8) is 0 Å². The molecule has 27 heavy (non-hydrogen) atoms. The maximum Gasteiger partial charge on any atom is 0.270 e. The Morgan fingerprint density at radius 2 is 1.81 bits per heavy atom. The average Bonchev–Trinajstić information content (AvgIpc) is 3.25. The molecule has 0 radical (unpaired) electrons. The van der Waals surface area contributed by atoms with Crippen LogP contribution in [0.15, 0.2) is 48.7 Å². The van der Waals surface area contributed by atoms with Crippen molar-refractivity contribution >= 4 is 5.91 Å². The molecule has 0 saturated carbocycles. The number of benzene rings is 1. The third kappa shape index (κ3) is 3.80. The highest BCUT2D eigenvalue weighted by Gasteiger charge is 2.45. The van der Waals surface area contributed by atoms with E-state index in [0.29, 0.717) is 12.2 Å². The van der Waals surface area contributed by atoms with Gasteiger partial charge in [-0.15, -0.1) is 0 Å². The van der Waals surface area contributed by atoms with Gasteiger partial charge in [-0.2, -0.15) is 0 Å². The van der Waals surface area contributed by atoms with Crippen LogP contribution in [0.1, 0.15) is 35.3 Å². The van der Waals surface area contributed by atoms with Crippen molar-refractivity contribution in [1.29, 1.82) is 0 Å². The molecule has 1 spiro atoms. The number of aliphatic hydroxyl groups excluding tert-OH is 1. The fourth-order valence-electron chi connectivity index (χ4n) is 4.84. The number of aromatic nitrogens is 1. The molecule has 1 aromatic heterocycles. The molecule has 5 nitrogen and oxygen atoms in total.